The highest BCUT2D eigenvalue weighted by atomic mass is 16.5. The summed E-state index contributed by atoms with van der Waals surface area (Å²) in [6.07, 6.45) is 2.20. The Kier molecular flexibility index (Phi) is 5.07. The second-order valence-corrected chi connectivity index (χ2v) is 6.10. The summed E-state index contributed by atoms with van der Waals surface area (Å²) in [4.78, 5) is 40.6. The third-order valence-electron chi connectivity index (χ3n) is 4.29. The lowest BCUT2D eigenvalue weighted by Crippen LogP contribution is -2.37. The number of hydrogen-bond acceptors (Lipinski definition) is 5. The van der Waals surface area contributed by atoms with E-state index in [0.717, 1.165) is 16.6 Å². The van der Waals surface area contributed by atoms with Gasteiger partial charge in [0, 0.05) is 14.1 Å². The maximum atomic E-state index is 12.3. The monoisotopic (exact) mass is 368 g/mol. The topological polar surface area (TPSA) is 95.2 Å². The first-order valence-electron chi connectivity index (χ1n) is 8.48. The van der Waals surface area contributed by atoms with Crippen LogP contribution in [0.25, 0.3) is 11.0 Å². The van der Waals surface area contributed by atoms with Gasteiger partial charge in [-0.15, -0.1) is 0 Å². The fourth-order valence-corrected chi connectivity index (χ4v) is 2.81. The summed E-state index contributed by atoms with van der Waals surface area (Å²) in [5.74, 6) is 0.291. The molecule has 0 saturated carbocycles. The van der Waals surface area contributed by atoms with Crippen molar-refractivity contribution in [2.45, 2.75) is 13.3 Å². The first kappa shape index (κ1) is 18.4. The van der Waals surface area contributed by atoms with E-state index in [1.165, 1.54) is 30.9 Å². The molecule has 8 nitrogen and oxygen atoms in total. The molecule has 0 aliphatic rings. The van der Waals surface area contributed by atoms with Crippen LogP contribution in [-0.4, -0.2) is 26.6 Å². The zero-order valence-electron chi connectivity index (χ0n) is 15.4. The van der Waals surface area contributed by atoms with Crippen LogP contribution in [-0.2, 0) is 25.3 Å². The number of carbonyl (C=O) groups excluding carboxylic acids is 1. The zero-order valence-corrected chi connectivity index (χ0v) is 15.4. The van der Waals surface area contributed by atoms with Gasteiger partial charge >= 0.3 is 5.69 Å². The molecule has 0 aliphatic carbocycles. The number of aromatic nitrogens is 3. The average molecular weight is 368 g/mol. The molecule has 0 atom stereocenters. The van der Waals surface area contributed by atoms with Crippen molar-refractivity contribution in [1.82, 2.24) is 14.1 Å². The Balaban J connectivity index is 1.79. The highest BCUT2D eigenvalue weighted by molar-refractivity contribution is 5.93. The van der Waals surface area contributed by atoms with Crippen molar-refractivity contribution in [3.8, 4) is 5.75 Å². The summed E-state index contributed by atoms with van der Waals surface area (Å²) in [5.41, 5.74) is 0.705. The smallest absolute Gasteiger partial charge is 0.332 e. The van der Waals surface area contributed by atoms with Gasteiger partial charge in [0.1, 0.15) is 11.4 Å². The van der Waals surface area contributed by atoms with Gasteiger partial charge in [-0.2, -0.15) is 0 Å². The molecule has 0 spiro atoms. The Hall–Kier alpha value is -3.42. The first-order valence-corrected chi connectivity index (χ1v) is 8.48. The number of fused-ring (bicyclic) bond motifs is 1. The summed E-state index contributed by atoms with van der Waals surface area (Å²) in [5, 5.41) is 2.91. The third kappa shape index (κ3) is 3.59. The number of rotatable bonds is 5. The van der Waals surface area contributed by atoms with Crippen molar-refractivity contribution in [2.24, 2.45) is 14.1 Å². The molecule has 27 heavy (non-hydrogen) atoms. The van der Waals surface area contributed by atoms with E-state index in [1.807, 2.05) is 31.2 Å². The number of anilines is 1. The van der Waals surface area contributed by atoms with Gasteiger partial charge in [0.05, 0.1) is 17.3 Å². The third-order valence-corrected chi connectivity index (χ3v) is 4.29. The fourth-order valence-electron chi connectivity index (χ4n) is 2.81. The number of pyridine rings is 1. The molecule has 0 unspecified atom stereocenters. The fraction of sp³-hybridized carbons (Fsp3) is 0.263. The zero-order chi connectivity index (χ0) is 19.6. The van der Waals surface area contributed by atoms with Gasteiger partial charge in [-0.05, 0) is 24.1 Å². The molecular formula is C19H20N4O4. The van der Waals surface area contributed by atoms with Crippen molar-refractivity contribution in [2.75, 3.05) is 11.9 Å². The minimum atomic E-state index is -0.468. The van der Waals surface area contributed by atoms with Crippen LogP contribution >= 0.6 is 0 Å². The molecule has 0 fully saturated rings. The summed E-state index contributed by atoms with van der Waals surface area (Å²) in [6, 6.07) is 9.02. The lowest BCUT2D eigenvalue weighted by Gasteiger charge is -2.11. The Morgan fingerprint density at radius 1 is 1.19 bits per heavy atom. The minimum absolute atomic E-state index is 0.166. The van der Waals surface area contributed by atoms with E-state index in [4.69, 9.17) is 4.74 Å². The molecule has 1 amide bonds. The minimum Gasteiger partial charge on any atom is -0.483 e. The normalized spacial score (nSPS) is 10.8. The highest BCUT2D eigenvalue weighted by Crippen LogP contribution is 2.18. The predicted molar refractivity (Wildman–Crippen MR) is 102 cm³/mol. The van der Waals surface area contributed by atoms with Crippen molar-refractivity contribution >= 4 is 22.6 Å². The Morgan fingerprint density at radius 3 is 2.67 bits per heavy atom. The summed E-state index contributed by atoms with van der Waals surface area (Å²) in [6.45, 7) is 1.84. The van der Waals surface area contributed by atoms with Crippen LogP contribution in [0.3, 0.4) is 0 Å². The van der Waals surface area contributed by atoms with Crippen LogP contribution in [0.15, 0.2) is 46.1 Å². The number of aryl methyl sites for hydroxylation is 2. The van der Waals surface area contributed by atoms with E-state index in [0.29, 0.717) is 11.4 Å². The van der Waals surface area contributed by atoms with Gasteiger partial charge in [-0.25, -0.2) is 9.78 Å². The van der Waals surface area contributed by atoms with Crippen LogP contribution in [0.1, 0.15) is 12.5 Å². The van der Waals surface area contributed by atoms with Gasteiger partial charge in [-0.1, -0.05) is 25.1 Å². The van der Waals surface area contributed by atoms with Gasteiger partial charge in [0.2, 0.25) is 0 Å². The Labute approximate surface area is 155 Å². The van der Waals surface area contributed by atoms with E-state index >= 15 is 0 Å². The Morgan fingerprint density at radius 2 is 1.93 bits per heavy atom. The Bertz CT molecular complexity index is 1130. The van der Waals surface area contributed by atoms with E-state index in [1.54, 1.807) is 0 Å². The van der Waals surface area contributed by atoms with E-state index in [2.05, 4.69) is 10.3 Å². The number of benzene rings is 1. The van der Waals surface area contributed by atoms with Crippen LogP contribution < -0.4 is 21.3 Å². The molecule has 3 aromatic rings. The lowest BCUT2D eigenvalue weighted by molar-refractivity contribution is -0.118. The molecule has 8 heteroatoms. The lowest BCUT2D eigenvalue weighted by atomic mass is 10.1. The standard InChI is InChI=1S/C19H20N4O4/c1-4-12-7-5-6-8-15(12)27-11-16(24)21-13-9-14-17(20-10-13)22(2)19(26)23(3)18(14)25/h5-10H,4,11H2,1-3H3,(H,21,24). The number of amides is 1. The van der Waals surface area contributed by atoms with Crippen LogP contribution in [0, 0.1) is 0 Å². The summed E-state index contributed by atoms with van der Waals surface area (Å²) < 4.78 is 7.87. The van der Waals surface area contributed by atoms with Gasteiger partial charge in [0.15, 0.2) is 6.61 Å². The molecule has 2 heterocycles. The first-order chi connectivity index (χ1) is 12.9. The average Bonchev–Trinajstić information content (AvgIpc) is 2.69. The number of hydrogen-bond donors (Lipinski definition) is 1. The van der Waals surface area contributed by atoms with Gasteiger partial charge in [-0.3, -0.25) is 18.7 Å². The maximum absolute atomic E-state index is 12.3. The molecule has 1 N–H and O–H groups in total. The molecule has 0 saturated heterocycles. The van der Waals surface area contributed by atoms with Crippen molar-refractivity contribution in [3.63, 3.8) is 0 Å². The number of nitrogens with zero attached hydrogens (tertiary/aromatic N) is 3. The SMILES string of the molecule is CCc1ccccc1OCC(=O)Nc1cnc2c(c1)c(=O)n(C)c(=O)n2C. The van der Waals surface area contributed by atoms with Crippen LogP contribution in [0.2, 0.25) is 0 Å². The van der Waals surface area contributed by atoms with Crippen LogP contribution in [0.5, 0.6) is 5.75 Å². The van der Waals surface area contributed by atoms with E-state index < -0.39 is 11.2 Å². The largest absolute Gasteiger partial charge is 0.483 e. The molecule has 2 aromatic heterocycles. The molecule has 0 aliphatic heterocycles. The van der Waals surface area contributed by atoms with Crippen LogP contribution in [0.4, 0.5) is 5.69 Å². The molecule has 0 bridgehead atoms. The predicted octanol–water partition coefficient (Wildman–Crippen LogP) is 1.21. The second-order valence-electron chi connectivity index (χ2n) is 6.10. The molecule has 3 rings (SSSR count). The van der Waals surface area contributed by atoms with Crippen molar-refractivity contribution < 1.29 is 9.53 Å². The van der Waals surface area contributed by atoms with E-state index in [-0.39, 0.29) is 23.5 Å². The number of carbonyl (C=O) groups is 1. The second kappa shape index (κ2) is 7.45. The highest BCUT2D eigenvalue weighted by Gasteiger charge is 2.12. The van der Waals surface area contributed by atoms with Crippen molar-refractivity contribution in [1.29, 1.82) is 0 Å². The summed E-state index contributed by atoms with van der Waals surface area (Å²) in [7, 11) is 2.93. The van der Waals surface area contributed by atoms with Gasteiger partial charge in [0.25, 0.3) is 11.5 Å². The van der Waals surface area contributed by atoms with Crippen molar-refractivity contribution in [3.05, 3.63) is 62.9 Å². The molecule has 1 aromatic carbocycles. The number of para-hydroxylation sites is 1. The molecule has 140 valence electrons. The maximum Gasteiger partial charge on any atom is 0.332 e. The number of ether oxygens (including phenoxy) is 1. The van der Waals surface area contributed by atoms with Gasteiger partial charge < -0.3 is 10.1 Å². The summed E-state index contributed by atoms with van der Waals surface area (Å²) >= 11 is 0. The molecular weight excluding hydrogens is 348 g/mol. The number of nitrogens with one attached hydrogen (secondary N) is 1. The van der Waals surface area contributed by atoms with E-state index in [9.17, 15) is 14.4 Å². The molecule has 0 radical (unpaired) electrons. The quantitative estimate of drug-likeness (QED) is 0.730.